The Morgan fingerprint density at radius 1 is 1.12 bits per heavy atom. The van der Waals surface area contributed by atoms with Crippen molar-refractivity contribution in [1.82, 2.24) is 5.32 Å². The van der Waals surface area contributed by atoms with E-state index < -0.39 is 22.3 Å². The number of benzene rings is 2. The third kappa shape index (κ3) is 4.74. The Morgan fingerprint density at radius 2 is 1.91 bits per heavy atom. The first kappa shape index (κ1) is 21.4. The Balaban J connectivity index is 1.36. The molecule has 2 aromatic carbocycles. The van der Waals surface area contributed by atoms with Gasteiger partial charge in [-0.25, -0.2) is 0 Å². The highest BCUT2D eigenvalue weighted by Crippen LogP contribution is 2.31. The molecule has 1 saturated carbocycles. The molecule has 166 valence electrons. The maximum Gasteiger partial charge on any atom is 0.306 e. The van der Waals surface area contributed by atoms with E-state index in [1.165, 1.54) is 11.0 Å². The molecule has 1 unspecified atom stereocenters. The lowest BCUT2D eigenvalue weighted by atomic mass is 10.1. The number of hydrogen-bond donors (Lipinski definition) is 2. The molecular weight excluding hydrogens is 419 g/mol. The lowest BCUT2D eigenvalue weighted by molar-refractivity contribution is -0.387. The second-order valence-corrected chi connectivity index (χ2v) is 7.98. The van der Waals surface area contributed by atoms with Crippen molar-refractivity contribution in [2.45, 2.75) is 25.8 Å². The smallest absolute Gasteiger partial charge is 0.306 e. The van der Waals surface area contributed by atoms with Crippen molar-refractivity contribution >= 4 is 34.8 Å². The monoisotopic (exact) mass is 440 g/mol. The van der Waals surface area contributed by atoms with Crippen molar-refractivity contribution in [2.75, 3.05) is 16.8 Å². The Kier molecular flexibility index (Phi) is 5.85. The number of anilines is 2. The van der Waals surface area contributed by atoms with Gasteiger partial charge in [0.05, 0.1) is 16.5 Å². The quantitative estimate of drug-likeness (QED) is 0.506. The standard InChI is InChI=1S/C22H21FN4O5/c23-18-7-6-17(10-19(18)27(31)32)26-12-15(9-20(26)28)21(29)24-11-13-2-1-3-16(8-13)25-22(30)14-4-5-14/h1-3,6-8,10,14-15H,4-5,9,11-12H2,(H,24,29)(H,25,30). The minimum atomic E-state index is -0.991. The van der Waals surface area contributed by atoms with Crippen LogP contribution in [0.2, 0.25) is 0 Å². The summed E-state index contributed by atoms with van der Waals surface area (Å²) < 4.78 is 13.6. The van der Waals surface area contributed by atoms with Crippen LogP contribution in [-0.2, 0) is 20.9 Å². The summed E-state index contributed by atoms with van der Waals surface area (Å²) in [5, 5.41) is 16.6. The highest BCUT2D eigenvalue weighted by molar-refractivity contribution is 6.00. The molecule has 10 heteroatoms. The molecule has 2 aliphatic rings. The second kappa shape index (κ2) is 8.74. The zero-order valence-electron chi connectivity index (χ0n) is 17.0. The largest absolute Gasteiger partial charge is 0.352 e. The molecule has 32 heavy (non-hydrogen) atoms. The van der Waals surface area contributed by atoms with Gasteiger partial charge in [0.15, 0.2) is 0 Å². The number of rotatable bonds is 7. The molecule has 2 aromatic rings. The van der Waals surface area contributed by atoms with Gasteiger partial charge in [-0.15, -0.1) is 0 Å². The van der Waals surface area contributed by atoms with Crippen LogP contribution in [0.3, 0.4) is 0 Å². The van der Waals surface area contributed by atoms with E-state index in [-0.39, 0.29) is 48.8 Å². The molecule has 0 aromatic heterocycles. The molecule has 1 aliphatic heterocycles. The summed E-state index contributed by atoms with van der Waals surface area (Å²) in [6.07, 6.45) is 1.77. The Morgan fingerprint density at radius 3 is 2.62 bits per heavy atom. The van der Waals surface area contributed by atoms with Crippen LogP contribution in [0.25, 0.3) is 0 Å². The predicted octanol–water partition coefficient (Wildman–Crippen LogP) is 2.75. The maximum absolute atomic E-state index is 13.6. The summed E-state index contributed by atoms with van der Waals surface area (Å²) in [7, 11) is 0. The van der Waals surface area contributed by atoms with Gasteiger partial charge in [-0.1, -0.05) is 12.1 Å². The summed E-state index contributed by atoms with van der Waals surface area (Å²) in [4.78, 5) is 48.2. The lowest BCUT2D eigenvalue weighted by Crippen LogP contribution is -2.32. The molecule has 0 bridgehead atoms. The van der Waals surface area contributed by atoms with Crippen LogP contribution in [-0.4, -0.2) is 29.2 Å². The average Bonchev–Trinajstić information content (AvgIpc) is 3.55. The molecule has 4 rings (SSSR count). The summed E-state index contributed by atoms with van der Waals surface area (Å²) in [6.45, 7) is 0.267. The molecule has 0 radical (unpaired) electrons. The first-order valence-corrected chi connectivity index (χ1v) is 10.2. The molecule has 2 fully saturated rings. The average molecular weight is 440 g/mol. The predicted molar refractivity (Wildman–Crippen MR) is 113 cm³/mol. The normalized spacial score (nSPS) is 17.8. The van der Waals surface area contributed by atoms with Gasteiger partial charge < -0.3 is 15.5 Å². The fraction of sp³-hybridized carbons (Fsp3) is 0.318. The van der Waals surface area contributed by atoms with E-state index >= 15 is 0 Å². The van der Waals surface area contributed by atoms with Crippen LogP contribution in [0, 0.1) is 27.8 Å². The van der Waals surface area contributed by atoms with Crippen LogP contribution in [0.4, 0.5) is 21.5 Å². The zero-order valence-corrected chi connectivity index (χ0v) is 17.0. The van der Waals surface area contributed by atoms with Crippen LogP contribution in [0.1, 0.15) is 24.8 Å². The fourth-order valence-corrected chi connectivity index (χ4v) is 3.62. The molecule has 9 nitrogen and oxygen atoms in total. The Hall–Kier alpha value is -3.82. The van der Waals surface area contributed by atoms with Crippen LogP contribution in [0.5, 0.6) is 0 Å². The molecule has 3 amide bonds. The molecule has 1 saturated heterocycles. The molecular formula is C22H21FN4O5. The molecule has 0 spiro atoms. The molecule has 1 atom stereocenters. The number of halogens is 1. The summed E-state index contributed by atoms with van der Waals surface area (Å²) >= 11 is 0. The zero-order chi connectivity index (χ0) is 22.8. The first-order chi connectivity index (χ1) is 15.3. The number of nitrogens with one attached hydrogen (secondary N) is 2. The van der Waals surface area contributed by atoms with E-state index in [1.807, 2.05) is 6.07 Å². The van der Waals surface area contributed by atoms with E-state index in [2.05, 4.69) is 10.6 Å². The number of carbonyl (C=O) groups excluding carboxylic acids is 3. The van der Waals surface area contributed by atoms with E-state index in [9.17, 15) is 28.9 Å². The van der Waals surface area contributed by atoms with Gasteiger partial charge in [-0.05, 0) is 42.7 Å². The fourth-order valence-electron chi connectivity index (χ4n) is 3.62. The van der Waals surface area contributed by atoms with Gasteiger partial charge in [0.2, 0.25) is 23.5 Å². The number of nitro benzene ring substituents is 1. The number of nitro groups is 1. The lowest BCUT2D eigenvalue weighted by Gasteiger charge is -2.16. The summed E-state index contributed by atoms with van der Waals surface area (Å²) in [5.41, 5.74) is 0.908. The first-order valence-electron chi connectivity index (χ1n) is 10.2. The minimum Gasteiger partial charge on any atom is -0.352 e. The Bertz CT molecular complexity index is 1100. The van der Waals surface area contributed by atoms with E-state index in [0.717, 1.165) is 30.5 Å². The summed E-state index contributed by atoms with van der Waals surface area (Å²) in [6, 6.07) is 10.4. The topological polar surface area (TPSA) is 122 Å². The minimum absolute atomic E-state index is 0.00299. The highest BCUT2D eigenvalue weighted by atomic mass is 19.1. The van der Waals surface area contributed by atoms with Gasteiger partial charge in [0.1, 0.15) is 0 Å². The molecule has 1 heterocycles. The van der Waals surface area contributed by atoms with E-state index in [1.54, 1.807) is 18.2 Å². The summed E-state index contributed by atoms with van der Waals surface area (Å²) in [5.74, 6) is -2.24. The van der Waals surface area contributed by atoms with Gasteiger partial charge in [-0.3, -0.25) is 24.5 Å². The number of amides is 3. The molecule has 2 N–H and O–H groups in total. The van der Waals surface area contributed by atoms with Gasteiger partial charge in [-0.2, -0.15) is 4.39 Å². The third-order valence-corrected chi connectivity index (χ3v) is 5.54. The van der Waals surface area contributed by atoms with E-state index in [0.29, 0.717) is 5.69 Å². The van der Waals surface area contributed by atoms with Crippen LogP contribution >= 0.6 is 0 Å². The molecule has 1 aliphatic carbocycles. The second-order valence-electron chi connectivity index (χ2n) is 7.98. The van der Waals surface area contributed by atoms with E-state index in [4.69, 9.17) is 0 Å². The number of hydrogen-bond acceptors (Lipinski definition) is 5. The van der Waals surface area contributed by atoms with Crippen LogP contribution < -0.4 is 15.5 Å². The van der Waals surface area contributed by atoms with Crippen molar-refractivity contribution in [3.05, 3.63) is 64.0 Å². The van der Waals surface area contributed by atoms with Crippen molar-refractivity contribution < 1.29 is 23.7 Å². The van der Waals surface area contributed by atoms with Gasteiger partial charge in [0, 0.05) is 37.2 Å². The van der Waals surface area contributed by atoms with Crippen molar-refractivity contribution in [2.24, 2.45) is 11.8 Å². The maximum atomic E-state index is 13.6. The van der Waals surface area contributed by atoms with Crippen molar-refractivity contribution in [1.29, 1.82) is 0 Å². The number of carbonyl (C=O) groups is 3. The van der Waals surface area contributed by atoms with Crippen molar-refractivity contribution in [3.63, 3.8) is 0 Å². The van der Waals surface area contributed by atoms with Gasteiger partial charge >= 0.3 is 5.69 Å². The van der Waals surface area contributed by atoms with Gasteiger partial charge in [0.25, 0.3) is 0 Å². The third-order valence-electron chi connectivity index (χ3n) is 5.54. The van der Waals surface area contributed by atoms with Crippen molar-refractivity contribution in [3.8, 4) is 0 Å². The highest BCUT2D eigenvalue weighted by Gasteiger charge is 2.36. The SMILES string of the molecule is O=C(NCc1cccc(NC(=O)C2CC2)c1)C1CC(=O)N(c2ccc(F)c([N+](=O)[O-])c2)C1. The van der Waals surface area contributed by atoms with Crippen LogP contribution in [0.15, 0.2) is 42.5 Å². The number of nitrogens with zero attached hydrogens (tertiary/aromatic N) is 2. The Labute approximate surface area is 182 Å².